The lowest BCUT2D eigenvalue weighted by molar-refractivity contribution is 0.0940. The molecule has 152 valence electrons. The fourth-order valence-electron chi connectivity index (χ4n) is 2.63. The standard InChI is InChI=1S/C16H18Cl2N4O4S2/c1-9-7-11(17)10(2)14(13(9)18)28(24,25)21-20-15(23)12-8-27-16(19-12)22-3-5-26-6-4-22/h7-8,21H,3-6H2,1-2H3,(H,20,23). The zero-order chi connectivity index (χ0) is 20.5. The first kappa shape index (κ1) is 21.3. The molecule has 1 aliphatic heterocycles. The van der Waals surface area contributed by atoms with Gasteiger partial charge in [-0.25, -0.2) is 13.4 Å². The van der Waals surface area contributed by atoms with Gasteiger partial charge in [-0.2, -0.15) is 0 Å². The number of benzene rings is 1. The van der Waals surface area contributed by atoms with Crippen LogP contribution in [-0.4, -0.2) is 45.6 Å². The largest absolute Gasteiger partial charge is 0.378 e. The third-order valence-electron chi connectivity index (χ3n) is 4.16. The minimum absolute atomic E-state index is 0.0481. The number of hydrogen-bond donors (Lipinski definition) is 2. The minimum atomic E-state index is -4.13. The number of amides is 1. The van der Waals surface area contributed by atoms with Gasteiger partial charge in [0.15, 0.2) is 5.13 Å². The minimum Gasteiger partial charge on any atom is -0.378 e. The van der Waals surface area contributed by atoms with Gasteiger partial charge in [-0.05, 0) is 31.0 Å². The van der Waals surface area contributed by atoms with Crippen LogP contribution in [0.2, 0.25) is 10.0 Å². The molecule has 0 aliphatic carbocycles. The van der Waals surface area contributed by atoms with Crippen LogP contribution >= 0.6 is 34.5 Å². The van der Waals surface area contributed by atoms with E-state index in [4.69, 9.17) is 27.9 Å². The number of aryl methyl sites for hydroxylation is 1. The highest BCUT2D eigenvalue weighted by Crippen LogP contribution is 2.33. The van der Waals surface area contributed by atoms with Gasteiger partial charge in [0.2, 0.25) is 0 Å². The molecule has 2 N–H and O–H groups in total. The van der Waals surface area contributed by atoms with E-state index in [1.54, 1.807) is 25.3 Å². The molecule has 8 nitrogen and oxygen atoms in total. The van der Waals surface area contributed by atoms with Crippen molar-refractivity contribution in [3.8, 4) is 0 Å². The Morgan fingerprint density at radius 2 is 1.96 bits per heavy atom. The molecule has 2 aromatic rings. The maximum atomic E-state index is 12.7. The van der Waals surface area contributed by atoms with Crippen molar-refractivity contribution < 1.29 is 17.9 Å². The molecule has 12 heteroatoms. The molecule has 0 atom stereocenters. The Morgan fingerprint density at radius 3 is 2.64 bits per heavy atom. The summed E-state index contributed by atoms with van der Waals surface area (Å²) in [7, 11) is -4.13. The van der Waals surface area contributed by atoms with Crippen molar-refractivity contribution in [1.82, 2.24) is 15.2 Å². The molecule has 1 amide bonds. The van der Waals surface area contributed by atoms with E-state index in [1.807, 2.05) is 4.90 Å². The summed E-state index contributed by atoms with van der Waals surface area (Å²) in [6.07, 6.45) is 0. The normalized spacial score (nSPS) is 14.9. The molecule has 1 saturated heterocycles. The van der Waals surface area contributed by atoms with E-state index >= 15 is 0 Å². The Bertz CT molecular complexity index is 978. The number of carbonyl (C=O) groups excluding carboxylic acids is 1. The molecule has 1 aromatic heterocycles. The average Bonchev–Trinajstić information content (AvgIpc) is 3.16. The first-order chi connectivity index (χ1) is 13.2. The van der Waals surface area contributed by atoms with Gasteiger partial charge in [0.1, 0.15) is 10.6 Å². The molecule has 1 fully saturated rings. The average molecular weight is 465 g/mol. The smallest absolute Gasteiger partial charge is 0.285 e. The first-order valence-electron chi connectivity index (χ1n) is 8.26. The van der Waals surface area contributed by atoms with Crippen LogP contribution in [0.1, 0.15) is 21.6 Å². The topological polar surface area (TPSA) is 101 Å². The molecule has 0 bridgehead atoms. The highest BCUT2D eigenvalue weighted by atomic mass is 35.5. The Morgan fingerprint density at radius 1 is 1.29 bits per heavy atom. The highest BCUT2D eigenvalue weighted by Gasteiger charge is 2.25. The van der Waals surface area contributed by atoms with Gasteiger partial charge in [0.05, 0.1) is 18.2 Å². The number of carbonyl (C=O) groups is 1. The predicted molar refractivity (Wildman–Crippen MR) is 109 cm³/mol. The van der Waals surface area contributed by atoms with Gasteiger partial charge in [-0.15, -0.1) is 16.2 Å². The first-order valence-corrected chi connectivity index (χ1v) is 11.4. The summed E-state index contributed by atoms with van der Waals surface area (Å²) in [6.45, 7) is 5.76. The number of thiazole rings is 1. The monoisotopic (exact) mass is 464 g/mol. The summed E-state index contributed by atoms with van der Waals surface area (Å²) >= 11 is 13.5. The van der Waals surface area contributed by atoms with E-state index in [-0.39, 0.29) is 20.6 Å². The van der Waals surface area contributed by atoms with Gasteiger partial charge >= 0.3 is 0 Å². The number of hydrogen-bond acceptors (Lipinski definition) is 7. The molecule has 1 aliphatic rings. The van der Waals surface area contributed by atoms with Crippen molar-refractivity contribution >= 4 is 55.6 Å². The van der Waals surface area contributed by atoms with Crippen LogP contribution in [0.25, 0.3) is 0 Å². The van der Waals surface area contributed by atoms with E-state index < -0.39 is 15.9 Å². The number of sulfonamides is 1. The Balaban J connectivity index is 1.73. The van der Waals surface area contributed by atoms with Crippen LogP contribution < -0.4 is 15.2 Å². The predicted octanol–water partition coefficient (Wildman–Crippen LogP) is 2.53. The molecule has 0 saturated carbocycles. The zero-order valence-corrected chi connectivity index (χ0v) is 18.2. The molecule has 1 aromatic carbocycles. The van der Waals surface area contributed by atoms with Crippen LogP contribution in [0, 0.1) is 13.8 Å². The van der Waals surface area contributed by atoms with Gasteiger partial charge in [0.25, 0.3) is 15.9 Å². The number of ether oxygens (including phenoxy) is 1. The molecule has 2 heterocycles. The van der Waals surface area contributed by atoms with Gasteiger partial charge in [-0.3, -0.25) is 10.2 Å². The van der Waals surface area contributed by atoms with E-state index in [1.165, 1.54) is 11.3 Å². The molecule has 0 spiro atoms. The molecule has 28 heavy (non-hydrogen) atoms. The lowest BCUT2D eigenvalue weighted by atomic mass is 10.2. The number of nitrogens with zero attached hydrogens (tertiary/aromatic N) is 2. The van der Waals surface area contributed by atoms with Gasteiger partial charge in [0, 0.05) is 23.5 Å². The molecule has 3 rings (SSSR count). The number of hydrazine groups is 1. The number of aromatic nitrogens is 1. The summed E-state index contributed by atoms with van der Waals surface area (Å²) in [5.74, 6) is -0.674. The van der Waals surface area contributed by atoms with Crippen molar-refractivity contribution in [3.63, 3.8) is 0 Å². The molecular formula is C16H18Cl2N4O4S2. The van der Waals surface area contributed by atoms with Crippen LogP contribution in [0.3, 0.4) is 0 Å². The number of rotatable bonds is 5. The van der Waals surface area contributed by atoms with Crippen molar-refractivity contribution in [2.45, 2.75) is 18.7 Å². The summed E-state index contributed by atoms with van der Waals surface area (Å²) < 4.78 is 30.6. The maximum Gasteiger partial charge on any atom is 0.285 e. The van der Waals surface area contributed by atoms with Crippen LogP contribution in [0.15, 0.2) is 16.3 Å². The number of morpholine rings is 1. The second-order valence-corrected chi connectivity index (χ2v) is 9.36. The zero-order valence-electron chi connectivity index (χ0n) is 15.1. The number of anilines is 1. The van der Waals surface area contributed by atoms with Crippen LogP contribution in [0.5, 0.6) is 0 Å². The SMILES string of the molecule is Cc1cc(Cl)c(C)c(S(=O)(=O)NNC(=O)c2csc(N3CCOCC3)n2)c1Cl. The van der Waals surface area contributed by atoms with Gasteiger partial charge in [-0.1, -0.05) is 23.2 Å². The third-order valence-corrected chi connectivity index (χ3v) is 7.47. The van der Waals surface area contributed by atoms with E-state index in [0.29, 0.717) is 42.6 Å². The number of nitrogens with one attached hydrogen (secondary N) is 2. The maximum absolute atomic E-state index is 12.7. The Hall–Kier alpha value is -1.43. The van der Waals surface area contributed by atoms with Crippen molar-refractivity contribution in [2.75, 3.05) is 31.2 Å². The van der Waals surface area contributed by atoms with Crippen molar-refractivity contribution in [2.24, 2.45) is 0 Å². The van der Waals surface area contributed by atoms with E-state index in [9.17, 15) is 13.2 Å². The summed E-state index contributed by atoms with van der Waals surface area (Å²) in [5, 5.41) is 2.56. The summed E-state index contributed by atoms with van der Waals surface area (Å²) in [6, 6.07) is 1.58. The fraction of sp³-hybridized carbons (Fsp3) is 0.375. The van der Waals surface area contributed by atoms with Crippen molar-refractivity contribution in [3.05, 3.63) is 38.3 Å². The Labute approximate surface area is 176 Å². The van der Waals surface area contributed by atoms with Crippen LogP contribution in [0.4, 0.5) is 5.13 Å². The summed E-state index contributed by atoms with van der Waals surface area (Å²) in [5.41, 5.74) is 3.09. The third kappa shape index (κ3) is 4.42. The molecule has 0 unspecified atom stereocenters. The number of halogens is 2. The lowest BCUT2D eigenvalue weighted by Crippen LogP contribution is -2.42. The molecular weight excluding hydrogens is 447 g/mol. The van der Waals surface area contributed by atoms with Crippen LogP contribution in [-0.2, 0) is 14.8 Å². The second-order valence-electron chi connectivity index (χ2n) is 6.12. The summed E-state index contributed by atoms with van der Waals surface area (Å²) in [4.78, 5) is 20.5. The molecule has 0 radical (unpaired) electrons. The Kier molecular flexibility index (Phi) is 6.47. The van der Waals surface area contributed by atoms with E-state index in [0.717, 1.165) is 0 Å². The quantitative estimate of drug-likeness (QED) is 0.659. The van der Waals surface area contributed by atoms with Crippen molar-refractivity contribution in [1.29, 1.82) is 0 Å². The highest BCUT2D eigenvalue weighted by molar-refractivity contribution is 7.89. The van der Waals surface area contributed by atoms with Gasteiger partial charge < -0.3 is 9.64 Å². The lowest BCUT2D eigenvalue weighted by Gasteiger charge is -2.25. The second kappa shape index (κ2) is 8.52. The van der Waals surface area contributed by atoms with E-state index in [2.05, 4.69) is 15.2 Å². The fourth-order valence-corrected chi connectivity index (χ4v) is 5.54.